The molecule has 0 radical (unpaired) electrons. The van der Waals surface area contributed by atoms with Crippen molar-refractivity contribution in [1.29, 1.82) is 0 Å². The van der Waals surface area contributed by atoms with Crippen molar-refractivity contribution in [2.45, 2.75) is 45.6 Å². The molecule has 2 atom stereocenters. The normalized spacial score (nSPS) is 24.9. The molecule has 0 aliphatic carbocycles. The Hall–Kier alpha value is -0.120. The summed E-state index contributed by atoms with van der Waals surface area (Å²) in [5.41, 5.74) is 6.16. The van der Waals surface area contributed by atoms with Crippen molar-refractivity contribution in [3.05, 3.63) is 0 Å². The van der Waals surface area contributed by atoms with Crippen molar-refractivity contribution in [3.8, 4) is 0 Å². The Morgan fingerprint density at radius 1 is 1.44 bits per heavy atom. The van der Waals surface area contributed by atoms with E-state index in [1.54, 1.807) is 0 Å². The number of rotatable bonds is 7. The minimum atomic E-state index is 0.125. The highest BCUT2D eigenvalue weighted by atomic mass is 16.5. The summed E-state index contributed by atoms with van der Waals surface area (Å²) in [7, 11) is 0. The van der Waals surface area contributed by atoms with Gasteiger partial charge in [-0.25, -0.2) is 0 Å². The minimum absolute atomic E-state index is 0.125. The fraction of sp³-hybridized carbons (Fsp3) is 1.00. The number of hydrogen-bond acceptors (Lipinski definition) is 3. The van der Waals surface area contributed by atoms with Crippen LogP contribution >= 0.6 is 0 Å². The fourth-order valence-electron chi connectivity index (χ4n) is 2.70. The molecule has 0 saturated carbocycles. The summed E-state index contributed by atoms with van der Waals surface area (Å²) < 4.78 is 5.52. The molecule has 0 aromatic rings. The molecule has 1 saturated heterocycles. The summed E-state index contributed by atoms with van der Waals surface area (Å²) in [6.07, 6.45) is 3.67. The summed E-state index contributed by atoms with van der Waals surface area (Å²) in [5, 5.41) is 0. The van der Waals surface area contributed by atoms with Crippen molar-refractivity contribution < 1.29 is 4.74 Å². The molecule has 3 nitrogen and oxygen atoms in total. The molecule has 16 heavy (non-hydrogen) atoms. The lowest BCUT2D eigenvalue weighted by atomic mass is 9.83. The highest BCUT2D eigenvalue weighted by Crippen LogP contribution is 2.30. The van der Waals surface area contributed by atoms with E-state index >= 15 is 0 Å². The van der Waals surface area contributed by atoms with Crippen molar-refractivity contribution >= 4 is 0 Å². The maximum Gasteiger partial charge on any atom is 0.0513 e. The highest BCUT2D eigenvalue weighted by Gasteiger charge is 2.39. The molecule has 1 heterocycles. The summed E-state index contributed by atoms with van der Waals surface area (Å²) in [6.45, 7) is 11.6. The predicted octanol–water partition coefficient (Wildman–Crippen LogP) is 1.86. The van der Waals surface area contributed by atoms with Gasteiger partial charge in [0.15, 0.2) is 0 Å². The van der Waals surface area contributed by atoms with Gasteiger partial charge in [-0.15, -0.1) is 0 Å². The fourth-order valence-corrected chi connectivity index (χ4v) is 2.70. The molecule has 96 valence electrons. The Labute approximate surface area is 100 Å². The summed E-state index contributed by atoms with van der Waals surface area (Å²) >= 11 is 0. The molecule has 0 amide bonds. The molecule has 0 spiro atoms. The number of nitrogens with two attached hydrogens (primary N) is 1. The number of hydrogen-bond donors (Lipinski definition) is 1. The van der Waals surface area contributed by atoms with Gasteiger partial charge >= 0.3 is 0 Å². The van der Waals surface area contributed by atoms with Crippen molar-refractivity contribution in [3.63, 3.8) is 0 Å². The Balaban J connectivity index is 2.66. The third kappa shape index (κ3) is 2.96. The van der Waals surface area contributed by atoms with Crippen LogP contribution in [-0.4, -0.2) is 43.3 Å². The van der Waals surface area contributed by atoms with E-state index in [9.17, 15) is 0 Å². The van der Waals surface area contributed by atoms with Gasteiger partial charge in [0, 0.05) is 24.6 Å². The van der Waals surface area contributed by atoms with Gasteiger partial charge in [0.05, 0.1) is 6.61 Å². The second kappa shape index (κ2) is 6.58. The van der Waals surface area contributed by atoms with E-state index in [0.29, 0.717) is 5.92 Å². The van der Waals surface area contributed by atoms with E-state index in [1.807, 2.05) is 0 Å². The molecular formula is C13H28N2O. The maximum absolute atomic E-state index is 6.04. The predicted molar refractivity (Wildman–Crippen MR) is 68.5 cm³/mol. The SMILES string of the molecule is CCCCN(CC)C(C)(CN)C1CCOC1. The van der Waals surface area contributed by atoms with Crippen molar-refractivity contribution in [2.24, 2.45) is 11.7 Å². The molecule has 3 heteroatoms. The van der Waals surface area contributed by atoms with Crippen LogP contribution in [-0.2, 0) is 4.74 Å². The number of ether oxygens (including phenoxy) is 1. The molecule has 1 fully saturated rings. The van der Waals surface area contributed by atoms with Crippen LogP contribution in [0.4, 0.5) is 0 Å². The molecule has 1 aliphatic heterocycles. The van der Waals surface area contributed by atoms with Gasteiger partial charge in [-0.05, 0) is 32.9 Å². The van der Waals surface area contributed by atoms with Crippen LogP contribution in [0.3, 0.4) is 0 Å². The zero-order chi connectivity index (χ0) is 12.0. The average Bonchev–Trinajstić information content (AvgIpc) is 2.83. The van der Waals surface area contributed by atoms with Gasteiger partial charge in [-0.2, -0.15) is 0 Å². The Kier molecular flexibility index (Phi) is 5.73. The van der Waals surface area contributed by atoms with Crippen LogP contribution in [0.2, 0.25) is 0 Å². The molecule has 2 unspecified atom stereocenters. The highest BCUT2D eigenvalue weighted by molar-refractivity contribution is 4.95. The maximum atomic E-state index is 6.04. The third-order valence-corrected chi connectivity index (χ3v) is 4.11. The quantitative estimate of drug-likeness (QED) is 0.723. The summed E-state index contributed by atoms with van der Waals surface area (Å²) in [6, 6.07) is 0. The first kappa shape index (κ1) is 13.9. The lowest BCUT2D eigenvalue weighted by molar-refractivity contribution is 0.0482. The van der Waals surface area contributed by atoms with Crippen LogP contribution in [0.1, 0.15) is 40.0 Å². The van der Waals surface area contributed by atoms with Crippen LogP contribution in [0, 0.1) is 5.92 Å². The van der Waals surface area contributed by atoms with E-state index in [-0.39, 0.29) is 5.54 Å². The van der Waals surface area contributed by atoms with Crippen LogP contribution in [0.25, 0.3) is 0 Å². The Bertz CT molecular complexity index is 192. The van der Waals surface area contributed by atoms with E-state index in [1.165, 1.54) is 12.8 Å². The first-order valence-electron chi connectivity index (χ1n) is 6.71. The smallest absolute Gasteiger partial charge is 0.0513 e. The van der Waals surface area contributed by atoms with Gasteiger partial charge in [0.25, 0.3) is 0 Å². The standard InChI is InChI=1S/C13H28N2O/c1-4-6-8-15(5-2)13(3,11-14)12-7-9-16-10-12/h12H,4-11,14H2,1-3H3. The van der Waals surface area contributed by atoms with Crippen LogP contribution in [0.15, 0.2) is 0 Å². The van der Waals surface area contributed by atoms with E-state index in [0.717, 1.165) is 39.3 Å². The molecule has 1 rings (SSSR count). The monoisotopic (exact) mass is 228 g/mol. The lowest BCUT2D eigenvalue weighted by Crippen LogP contribution is -2.57. The average molecular weight is 228 g/mol. The van der Waals surface area contributed by atoms with E-state index in [2.05, 4.69) is 25.7 Å². The van der Waals surface area contributed by atoms with E-state index < -0.39 is 0 Å². The first-order chi connectivity index (χ1) is 7.69. The molecule has 0 bridgehead atoms. The minimum Gasteiger partial charge on any atom is -0.381 e. The largest absolute Gasteiger partial charge is 0.381 e. The summed E-state index contributed by atoms with van der Waals surface area (Å²) in [4.78, 5) is 2.55. The molecule has 0 aromatic carbocycles. The molecule has 2 N–H and O–H groups in total. The van der Waals surface area contributed by atoms with Gasteiger partial charge in [-0.3, -0.25) is 4.90 Å². The van der Waals surface area contributed by atoms with Gasteiger partial charge in [0.1, 0.15) is 0 Å². The van der Waals surface area contributed by atoms with Gasteiger partial charge in [0.2, 0.25) is 0 Å². The molecule has 0 aromatic heterocycles. The van der Waals surface area contributed by atoms with Gasteiger partial charge in [-0.1, -0.05) is 20.3 Å². The van der Waals surface area contributed by atoms with E-state index in [4.69, 9.17) is 10.5 Å². The first-order valence-corrected chi connectivity index (χ1v) is 6.71. The second-order valence-electron chi connectivity index (χ2n) is 5.06. The number of likely N-dealkylation sites (N-methyl/N-ethyl adjacent to an activating group) is 1. The lowest BCUT2D eigenvalue weighted by Gasteiger charge is -2.44. The van der Waals surface area contributed by atoms with Crippen LogP contribution < -0.4 is 5.73 Å². The van der Waals surface area contributed by atoms with Gasteiger partial charge < -0.3 is 10.5 Å². The summed E-state index contributed by atoms with van der Waals surface area (Å²) in [5.74, 6) is 0.606. The van der Waals surface area contributed by atoms with Crippen LogP contribution in [0.5, 0.6) is 0 Å². The molecule has 1 aliphatic rings. The second-order valence-corrected chi connectivity index (χ2v) is 5.06. The number of nitrogens with zero attached hydrogens (tertiary/aromatic N) is 1. The topological polar surface area (TPSA) is 38.5 Å². The zero-order valence-electron chi connectivity index (χ0n) is 11.2. The van der Waals surface area contributed by atoms with Crippen molar-refractivity contribution in [2.75, 3.05) is 32.8 Å². The Morgan fingerprint density at radius 2 is 2.19 bits per heavy atom. The Morgan fingerprint density at radius 3 is 2.62 bits per heavy atom. The third-order valence-electron chi connectivity index (χ3n) is 4.11. The zero-order valence-corrected chi connectivity index (χ0v) is 11.2. The number of unbranched alkanes of at least 4 members (excludes halogenated alkanes) is 1. The molecular weight excluding hydrogens is 200 g/mol. The van der Waals surface area contributed by atoms with Crippen molar-refractivity contribution in [1.82, 2.24) is 4.90 Å².